The summed E-state index contributed by atoms with van der Waals surface area (Å²) >= 11 is 1.55. The molecule has 0 unspecified atom stereocenters. The lowest BCUT2D eigenvalue weighted by molar-refractivity contribution is -0.118. The average Bonchev–Trinajstić information content (AvgIpc) is 2.74. The highest BCUT2D eigenvalue weighted by Crippen LogP contribution is 2.12. The van der Waals surface area contributed by atoms with E-state index in [1.165, 1.54) is 0 Å². The fourth-order valence-corrected chi connectivity index (χ4v) is 2.15. The van der Waals surface area contributed by atoms with E-state index in [-0.39, 0.29) is 12.4 Å². The first kappa shape index (κ1) is 10.3. The van der Waals surface area contributed by atoms with Crippen LogP contribution < -0.4 is 0 Å². The summed E-state index contributed by atoms with van der Waals surface area (Å²) in [5.41, 5.74) is 0.810. The van der Waals surface area contributed by atoms with Crippen LogP contribution in [0.1, 0.15) is 18.5 Å². The highest BCUT2D eigenvalue weighted by Gasteiger charge is 2.07. The molecule has 2 aromatic heterocycles. The van der Waals surface area contributed by atoms with Crippen molar-refractivity contribution in [2.75, 3.05) is 6.61 Å². The van der Waals surface area contributed by atoms with Crippen LogP contribution in [0.15, 0.2) is 17.8 Å². The number of aliphatic hydroxyl groups excluding tert-OH is 1. The molecule has 2 rings (SSSR count). The summed E-state index contributed by atoms with van der Waals surface area (Å²) in [6.45, 7) is 0.0734. The van der Waals surface area contributed by atoms with Gasteiger partial charge in [0.05, 0.1) is 12.1 Å². The van der Waals surface area contributed by atoms with Gasteiger partial charge in [0.25, 0.3) is 0 Å². The SMILES string of the molecule is O=C(CCCO)Cc1cn2ccsc2n1. The van der Waals surface area contributed by atoms with Gasteiger partial charge in [-0.05, 0) is 6.42 Å². The number of carbonyl (C=O) groups is 1. The Balaban J connectivity index is 2.00. The van der Waals surface area contributed by atoms with E-state index in [1.807, 2.05) is 22.2 Å². The first-order valence-electron chi connectivity index (χ1n) is 4.83. The van der Waals surface area contributed by atoms with E-state index in [0.717, 1.165) is 10.7 Å². The molecule has 0 bridgehead atoms. The van der Waals surface area contributed by atoms with Crippen LogP contribution in [-0.2, 0) is 11.2 Å². The van der Waals surface area contributed by atoms with Crippen molar-refractivity contribution in [3.8, 4) is 0 Å². The van der Waals surface area contributed by atoms with E-state index < -0.39 is 0 Å². The third-order valence-corrected chi connectivity index (χ3v) is 2.91. The molecule has 1 N–H and O–H groups in total. The Hall–Kier alpha value is -1.20. The van der Waals surface area contributed by atoms with Crippen LogP contribution in [0.4, 0.5) is 0 Å². The molecule has 0 radical (unpaired) electrons. The molecule has 0 amide bonds. The van der Waals surface area contributed by atoms with Crippen LogP contribution in [0.2, 0.25) is 0 Å². The monoisotopic (exact) mass is 224 g/mol. The molecule has 80 valence electrons. The summed E-state index contributed by atoms with van der Waals surface area (Å²) in [6, 6.07) is 0. The molecule has 2 heterocycles. The standard InChI is InChI=1S/C10H12N2O2S/c13-4-1-2-9(14)6-8-7-12-3-5-15-10(12)11-8/h3,5,7,13H,1-2,4,6H2. The molecule has 5 heteroatoms. The number of rotatable bonds is 5. The molecule has 0 aliphatic rings. The van der Waals surface area contributed by atoms with Gasteiger partial charge in [0.1, 0.15) is 5.78 Å². The molecule has 4 nitrogen and oxygen atoms in total. The molecule has 0 aliphatic carbocycles. The first-order valence-corrected chi connectivity index (χ1v) is 5.71. The van der Waals surface area contributed by atoms with Crippen molar-refractivity contribution in [3.05, 3.63) is 23.5 Å². The van der Waals surface area contributed by atoms with E-state index in [0.29, 0.717) is 19.3 Å². The number of aliphatic hydroxyl groups is 1. The zero-order valence-electron chi connectivity index (χ0n) is 8.22. The van der Waals surface area contributed by atoms with Gasteiger partial charge in [0.15, 0.2) is 4.96 Å². The van der Waals surface area contributed by atoms with Gasteiger partial charge in [-0.1, -0.05) is 0 Å². The molecule has 0 spiro atoms. The number of ketones is 1. The number of hydrogen-bond acceptors (Lipinski definition) is 4. The third-order valence-electron chi connectivity index (χ3n) is 2.14. The highest BCUT2D eigenvalue weighted by molar-refractivity contribution is 7.15. The number of thiazole rings is 1. The minimum atomic E-state index is 0.0734. The first-order chi connectivity index (χ1) is 7.29. The maximum atomic E-state index is 11.4. The predicted octanol–water partition coefficient (Wildman–Crippen LogP) is 1.28. The Morgan fingerprint density at radius 2 is 2.47 bits per heavy atom. The van der Waals surface area contributed by atoms with Gasteiger partial charge in [-0.3, -0.25) is 9.20 Å². The van der Waals surface area contributed by atoms with E-state index in [4.69, 9.17) is 5.11 Å². The predicted molar refractivity (Wildman–Crippen MR) is 58.1 cm³/mol. The van der Waals surface area contributed by atoms with Crippen molar-refractivity contribution in [3.63, 3.8) is 0 Å². The zero-order valence-corrected chi connectivity index (χ0v) is 9.04. The van der Waals surface area contributed by atoms with Gasteiger partial charge in [-0.15, -0.1) is 11.3 Å². The number of fused-ring (bicyclic) bond motifs is 1. The fourth-order valence-electron chi connectivity index (χ4n) is 1.43. The third kappa shape index (κ3) is 2.43. The van der Waals surface area contributed by atoms with Crippen LogP contribution in [0, 0.1) is 0 Å². The van der Waals surface area contributed by atoms with Gasteiger partial charge in [-0.25, -0.2) is 4.98 Å². The summed E-state index contributed by atoms with van der Waals surface area (Å²) in [7, 11) is 0. The van der Waals surface area contributed by atoms with Crippen LogP contribution >= 0.6 is 11.3 Å². The Morgan fingerprint density at radius 3 is 3.20 bits per heavy atom. The number of carbonyl (C=O) groups excluding carboxylic acids is 1. The summed E-state index contributed by atoms with van der Waals surface area (Å²) in [5, 5.41) is 10.6. The number of hydrogen-bond donors (Lipinski definition) is 1. The topological polar surface area (TPSA) is 54.6 Å². The molecule has 0 aliphatic heterocycles. The molecule has 2 aromatic rings. The molecule has 0 saturated heterocycles. The Labute approximate surface area is 91.2 Å². The van der Waals surface area contributed by atoms with Crippen molar-refractivity contribution in [1.82, 2.24) is 9.38 Å². The maximum Gasteiger partial charge on any atom is 0.193 e. The van der Waals surface area contributed by atoms with E-state index >= 15 is 0 Å². The van der Waals surface area contributed by atoms with Crippen molar-refractivity contribution in [2.24, 2.45) is 0 Å². The van der Waals surface area contributed by atoms with Gasteiger partial charge in [0.2, 0.25) is 0 Å². The second kappa shape index (κ2) is 4.55. The summed E-state index contributed by atoms with van der Waals surface area (Å²) in [6.07, 6.45) is 5.15. The second-order valence-corrected chi connectivity index (χ2v) is 4.24. The van der Waals surface area contributed by atoms with Gasteiger partial charge in [-0.2, -0.15) is 0 Å². The van der Waals surface area contributed by atoms with Crippen LogP contribution in [0.5, 0.6) is 0 Å². The Kier molecular flexibility index (Phi) is 3.13. The number of nitrogens with zero attached hydrogens (tertiary/aromatic N) is 2. The van der Waals surface area contributed by atoms with Crippen molar-refractivity contribution in [2.45, 2.75) is 19.3 Å². The quantitative estimate of drug-likeness (QED) is 0.832. The largest absolute Gasteiger partial charge is 0.396 e. The van der Waals surface area contributed by atoms with Crippen molar-refractivity contribution in [1.29, 1.82) is 0 Å². The Morgan fingerprint density at radius 1 is 1.60 bits per heavy atom. The smallest absolute Gasteiger partial charge is 0.193 e. The van der Waals surface area contributed by atoms with Crippen LogP contribution in [-0.4, -0.2) is 26.9 Å². The van der Waals surface area contributed by atoms with Gasteiger partial charge >= 0.3 is 0 Å². The highest BCUT2D eigenvalue weighted by atomic mass is 32.1. The molecule has 0 fully saturated rings. The van der Waals surface area contributed by atoms with Crippen molar-refractivity contribution >= 4 is 22.1 Å². The average molecular weight is 224 g/mol. The molecule has 0 saturated carbocycles. The fraction of sp³-hybridized carbons (Fsp3) is 0.400. The zero-order chi connectivity index (χ0) is 10.7. The minimum Gasteiger partial charge on any atom is -0.396 e. The lowest BCUT2D eigenvalue weighted by Gasteiger charge is -1.95. The molecule has 0 atom stereocenters. The molecular weight excluding hydrogens is 212 g/mol. The van der Waals surface area contributed by atoms with Crippen molar-refractivity contribution < 1.29 is 9.90 Å². The summed E-state index contributed by atoms with van der Waals surface area (Å²) in [4.78, 5) is 16.6. The summed E-state index contributed by atoms with van der Waals surface area (Å²) < 4.78 is 1.92. The van der Waals surface area contributed by atoms with Gasteiger partial charge < -0.3 is 5.11 Å². The van der Waals surface area contributed by atoms with E-state index in [9.17, 15) is 4.79 Å². The maximum absolute atomic E-state index is 11.4. The molecular formula is C10H12N2O2S. The molecule has 15 heavy (non-hydrogen) atoms. The summed E-state index contributed by atoms with van der Waals surface area (Å²) in [5.74, 6) is 0.134. The Bertz CT molecular complexity index is 432. The molecule has 0 aromatic carbocycles. The second-order valence-electron chi connectivity index (χ2n) is 3.37. The number of imidazole rings is 1. The van der Waals surface area contributed by atoms with Crippen LogP contribution in [0.3, 0.4) is 0 Å². The normalized spacial score (nSPS) is 11.0. The van der Waals surface area contributed by atoms with Crippen LogP contribution in [0.25, 0.3) is 4.96 Å². The number of aromatic nitrogens is 2. The van der Waals surface area contributed by atoms with E-state index in [1.54, 1.807) is 11.3 Å². The van der Waals surface area contributed by atoms with Gasteiger partial charge in [0, 0.05) is 30.8 Å². The lowest BCUT2D eigenvalue weighted by Crippen LogP contribution is -2.03. The minimum absolute atomic E-state index is 0.0734. The lowest BCUT2D eigenvalue weighted by atomic mass is 10.1. The number of Topliss-reactive ketones (excluding diaryl/α,β-unsaturated/α-hetero) is 1. The van der Waals surface area contributed by atoms with E-state index in [2.05, 4.69) is 4.98 Å².